The Balaban J connectivity index is 0.00000144. The summed E-state index contributed by atoms with van der Waals surface area (Å²) in [7, 11) is 0. The number of hydrogen-bond donors (Lipinski definition) is 1. The summed E-state index contributed by atoms with van der Waals surface area (Å²) in [5.74, 6) is 0.0512. The van der Waals surface area contributed by atoms with E-state index in [4.69, 9.17) is 5.73 Å². The van der Waals surface area contributed by atoms with Gasteiger partial charge in [0.15, 0.2) is 0 Å². The van der Waals surface area contributed by atoms with Crippen molar-refractivity contribution >= 4 is 53.4 Å². The minimum Gasteiger partial charge on any atom is -0.335 e. The third kappa shape index (κ3) is 5.40. The highest BCUT2D eigenvalue weighted by atomic mass is 35.5. The SMILES string of the molecule is Cl.Cl.NCCc1nc(C(=O)N2CCN(Cc3cccs3)CC2)cs1. The number of carbonyl (C=O) groups excluding carboxylic acids is 1. The molecule has 1 aliphatic rings. The van der Waals surface area contributed by atoms with E-state index in [1.54, 1.807) is 11.3 Å². The zero-order valence-electron chi connectivity index (χ0n) is 13.2. The number of rotatable bonds is 5. The first kappa shape index (κ1) is 21.3. The maximum atomic E-state index is 12.5. The smallest absolute Gasteiger partial charge is 0.273 e. The summed E-state index contributed by atoms with van der Waals surface area (Å²) in [6.45, 7) is 4.94. The maximum absolute atomic E-state index is 12.5. The van der Waals surface area contributed by atoms with E-state index >= 15 is 0 Å². The van der Waals surface area contributed by atoms with E-state index in [1.807, 2.05) is 10.3 Å². The molecule has 0 aromatic carbocycles. The monoisotopic (exact) mass is 408 g/mol. The van der Waals surface area contributed by atoms with Gasteiger partial charge in [-0.05, 0) is 18.0 Å². The molecule has 3 heterocycles. The van der Waals surface area contributed by atoms with Gasteiger partial charge in [-0.3, -0.25) is 9.69 Å². The molecule has 0 spiro atoms. The zero-order chi connectivity index (χ0) is 15.4. The summed E-state index contributed by atoms with van der Waals surface area (Å²) in [5.41, 5.74) is 6.10. The van der Waals surface area contributed by atoms with Crippen molar-refractivity contribution < 1.29 is 4.79 Å². The molecule has 24 heavy (non-hydrogen) atoms. The van der Waals surface area contributed by atoms with Crippen LogP contribution in [0, 0.1) is 0 Å². The van der Waals surface area contributed by atoms with E-state index in [1.165, 1.54) is 16.2 Å². The lowest BCUT2D eigenvalue weighted by Gasteiger charge is -2.34. The number of carbonyl (C=O) groups is 1. The third-order valence-electron chi connectivity index (χ3n) is 3.75. The van der Waals surface area contributed by atoms with E-state index in [0.29, 0.717) is 12.2 Å². The predicted molar refractivity (Wildman–Crippen MR) is 105 cm³/mol. The van der Waals surface area contributed by atoms with Crippen molar-refractivity contribution in [3.05, 3.63) is 38.5 Å². The van der Waals surface area contributed by atoms with Gasteiger partial charge in [-0.25, -0.2) is 4.98 Å². The summed E-state index contributed by atoms with van der Waals surface area (Å²) in [4.78, 5) is 22.5. The number of thiophene rings is 1. The molecule has 1 amide bonds. The van der Waals surface area contributed by atoms with Crippen LogP contribution in [0.1, 0.15) is 20.4 Å². The molecule has 134 valence electrons. The Labute approximate surface area is 162 Å². The topological polar surface area (TPSA) is 62.5 Å². The van der Waals surface area contributed by atoms with Gasteiger partial charge in [-0.15, -0.1) is 47.5 Å². The average molecular weight is 409 g/mol. The predicted octanol–water partition coefficient (Wildman–Crippen LogP) is 2.51. The summed E-state index contributed by atoms with van der Waals surface area (Å²) in [5, 5.41) is 4.91. The van der Waals surface area contributed by atoms with Crippen LogP contribution >= 0.6 is 47.5 Å². The van der Waals surface area contributed by atoms with Gasteiger partial charge < -0.3 is 10.6 Å². The van der Waals surface area contributed by atoms with Crippen LogP contribution in [0.15, 0.2) is 22.9 Å². The lowest BCUT2D eigenvalue weighted by atomic mass is 10.2. The van der Waals surface area contributed by atoms with Gasteiger partial charge in [-0.2, -0.15) is 0 Å². The van der Waals surface area contributed by atoms with Crippen molar-refractivity contribution in [3.8, 4) is 0 Å². The molecule has 1 fully saturated rings. The van der Waals surface area contributed by atoms with Crippen LogP contribution in [0.25, 0.3) is 0 Å². The van der Waals surface area contributed by atoms with Crippen molar-refractivity contribution in [1.29, 1.82) is 0 Å². The van der Waals surface area contributed by atoms with Crippen molar-refractivity contribution in [2.45, 2.75) is 13.0 Å². The number of nitrogens with two attached hydrogens (primary N) is 1. The fraction of sp³-hybridized carbons (Fsp3) is 0.467. The molecule has 1 saturated heterocycles. The quantitative estimate of drug-likeness (QED) is 0.825. The molecular weight excluding hydrogens is 387 g/mol. The first-order valence-electron chi connectivity index (χ1n) is 7.45. The molecule has 0 unspecified atom stereocenters. The Kier molecular flexibility index (Phi) is 9.18. The lowest BCUT2D eigenvalue weighted by molar-refractivity contribution is 0.0624. The fourth-order valence-corrected chi connectivity index (χ4v) is 4.08. The Morgan fingerprint density at radius 2 is 1.96 bits per heavy atom. The van der Waals surface area contributed by atoms with Crippen LogP contribution < -0.4 is 5.73 Å². The summed E-state index contributed by atoms with van der Waals surface area (Å²) >= 11 is 3.31. The van der Waals surface area contributed by atoms with Crippen LogP contribution in [0.3, 0.4) is 0 Å². The highest BCUT2D eigenvalue weighted by Gasteiger charge is 2.23. The molecule has 0 aliphatic carbocycles. The number of aromatic nitrogens is 1. The Morgan fingerprint density at radius 1 is 1.21 bits per heavy atom. The fourth-order valence-electron chi connectivity index (χ4n) is 2.54. The van der Waals surface area contributed by atoms with E-state index in [9.17, 15) is 4.79 Å². The largest absolute Gasteiger partial charge is 0.335 e. The van der Waals surface area contributed by atoms with Crippen LogP contribution in [0.4, 0.5) is 0 Å². The van der Waals surface area contributed by atoms with Crippen LogP contribution in [-0.4, -0.2) is 53.4 Å². The van der Waals surface area contributed by atoms with Crippen molar-refractivity contribution in [3.63, 3.8) is 0 Å². The Hall–Kier alpha value is -0.700. The molecule has 1 aliphatic heterocycles. The number of piperazine rings is 1. The van der Waals surface area contributed by atoms with Gasteiger partial charge >= 0.3 is 0 Å². The van der Waals surface area contributed by atoms with Gasteiger partial charge in [0.1, 0.15) is 5.69 Å². The molecule has 0 bridgehead atoms. The second-order valence-corrected chi connectivity index (χ2v) is 7.29. The first-order chi connectivity index (χ1) is 10.8. The van der Waals surface area contributed by atoms with Gasteiger partial charge in [0.05, 0.1) is 5.01 Å². The summed E-state index contributed by atoms with van der Waals surface area (Å²) in [6, 6.07) is 4.25. The van der Waals surface area contributed by atoms with Crippen molar-refractivity contribution in [1.82, 2.24) is 14.8 Å². The second kappa shape index (κ2) is 10.3. The minimum atomic E-state index is 0. The van der Waals surface area contributed by atoms with Crippen LogP contribution in [0.2, 0.25) is 0 Å². The minimum absolute atomic E-state index is 0. The molecule has 2 N–H and O–H groups in total. The normalized spacial score (nSPS) is 14.8. The van der Waals surface area contributed by atoms with Crippen molar-refractivity contribution in [2.24, 2.45) is 5.73 Å². The number of amides is 1. The van der Waals surface area contributed by atoms with E-state index in [0.717, 1.165) is 44.2 Å². The van der Waals surface area contributed by atoms with E-state index < -0.39 is 0 Å². The Morgan fingerprint density at radius 3 is 2.58 bits per heavy atom. The van der Waals surface area contributed by atoms with Gasteiger partial charge in [-0.1, -0.05) is 6.07 Å². The van der Waals surface area contributed by atoms with Gasteiger partial charge in [0.25, 0.3) is 5.91 Å². The summed E-state index contributed by atoms with van der Waals surface area (Å²) in [6.07, 6.45) is 0.743. The average Bonchev–Trinajstić information content (AvgIpc) is 3.20. The first-order valence-corrected chi connectivity index (χ1v) is 9.20. The number of hydrogen-bond acceptors (Lipinski definition) is 6. The highest BCUT2D eigenvalue weighted by molar-refractivity contribution is 7.10. The molecule has 2 aromatic heterocycles. The zero-order valence-corrected chi connectivity index (χ0v) is 16.5. The molecular formula is C15H22Cl2N4OS2. The number of thiazole rings is 1. The summed E-state index contributed by atoms with van der Waals surface area (Å²) < 4.78 is 0. The Bertz CT molecular complexity index is 613. The van der Waals surface area contributed by atoms with E-state index in [2.05, 4.69) is 27.4 Å². The molecule has 2 aromatic rings. The second-order valence-electron chi connectivity index (χ2n) is 5.31. The maximum Gasteiger partial charge on any atom is 0.273 e. The van der Waals surface area contributed by atoms with Crippen LogP contribution in [-0.2, 0) is 13.0 Å². The number of halogens is 2. The molecule has 0 radical (unpaired) electrons. The molecule has 0 saturated carbocycles. The molecule has 9 heteroatoms. The highest BCUT2D eigenvalue weighted by Crippen LogP contribution is 2.16. The van der Waals surface area contributed by atoms with Crippen molar-refractivity contribution in [2.75, 3.05) is 32.7 Å². The lowest BCUT2D eigenvalue weighted by Crippen LogP contribution is -2.48. The molecule has 3 rings (SSSR count). The number of nitrogens with zero attached hydrogens (tertiary/aromatic N) is 3. The molecule has 0 atom stereocenters. The van der Waals surface area contributed by atoms with Gasteiger partial charge in [0.2, 0.25) is 0 Å². The van der Waals surface area contributed by atoms with Gasteiger partial charge in [0, 0.05) is 49.4 Å². The van der Waals surface area contributed by atoms with Crippen LogP contribution in [0.5, 0.6) is 0 Å². The standard InChI is InChI=1S/C15H20N4OS2.2ClH/c16-4-3-14-17-13(11-22-14)15(20)19-7-5-18(6-8-19)10-12-2-1-9-21-12;;/h1-2,9,11H,3-8,10,16H2;2*1H. The third-order valence-corrected chi connectivity index (χ3v) is 5.52. The molecule has 5 nitrogen and oxygen atoms in total. The van der Waals surface area contributed by atoms with E-state index in [-0.39, 0.29) is 30.7 Å².